The molecule has 1 heterocycles. The summed E-state index contributed by atoms with van der Waals surface area (Å²) in [6.07, 6.45) is 10.1. The van der Waals surface area contributed by atoms with Crippen molar-refractivity contribution in [2.24, 2.45) is 0 Å². The molecule has 0 radical (unpaired) electrons. The molecule has 1 aromatic rings. The number of piperidine rings is 1. The van der Waals surface area contributed by atoms with Crippen molar-refractivity contribution in [1.82, 2.24) is 15.5 Å². The third-order valence-electron chi connectivity index (χ3n) is 5.07. The normalized spacial score (nSPS) is 19.8. The zero-order chi connectivity index (χ0) is 16.6. The summed E-state index contributed by atoms with van der Waals surface area (Å²) in [5.41, 5.74) is 2.75. The van der Waals surface area contributed by atoms with Gasteiger partial charge in [0.25, 0.3) is 0 Å². The Hall–Kier alpha value is -1.81. The largest absolute Gasteiger partial charge is 0.335 e. The molecule has 0 spiro atoms. The number of benzene rings is 1. The molecule has 0 atom stereocenters. The van der Waals surface area contributed by atoms with Crippen LogP contribution in [0.2, 0.25) is 0 Å². The number of amides is 2. The Kier molecular flexibility index (Phi) is 6.30. The molecular formula is C20H29N3O. The number of allylic oxidation sites excluding steroid dienone is 1. The van der Waals surface area contributed by atoms with E-state index < -0.39 is 0 Å². The maximum Gasteiger partial charge on any atom is 0.318 e. The zero-order valence-electron chi connectivity index (χ0n) is 14.5. The van der Waals surface area contributed by atoms with Gasteiger partial charge in [0.1, 0.15) is 0 Å². The maximum atomic E-state index is 12.0. The van der Waals surface area contributed by atoms with E-state index in [0.717, 1.165) is 45.3 Å². The van der Waals surface area contributed by atoms with E-state index in [0.29, 0.717) is 6.04 Å². The van der Waals surface area contributed by atoms with Crippen LogP contribution in [0.3, 0.4) is 0 Å². The van der Waals surface area contributed by atoms with Crippen LogP contribution in [-0.4, -0.2) is 30.1 Å². The number of likely N-dealkylation sites (tertiary alicyclic amines) is 1. The standard InChI is InChI=1S/C20H29N3O/c24-20(21-15-17-7-3-1-4-8-17)22-19-11-13-23(14-12-19)16-18-9-5-2-6-10-18/h2,5-6,9-10,15,19H,1,3-4,7-8,11-14,16H2,(H2,21,22,24). The molecular weight excluding hydrogens is 298 g/mol. The fraction of sp³-hybridized carbons (Fsp3) is 0.550. The van der Waals surface area contributed by atoms with E-state index in [4.69, 9.17) is 0 Å². The lowest BCUT2D eigenvalue weighted by atomic mass is 9.96. The lowest BCUT2D eigenvalue weighted by molar-refractivity contribution is 0.187. The second-order valence-electron chi connectivity index (χ2n) is 7.02. The second kappa shape index (κ2) is 8.88. The predicted molar refractivity (Wildman–Crippen MR) is 97.6 cm³/mol. The monoisotopic (exact) mass is 327 g/mol. The number of hydrogen-bond donors (Lipinski definition) is 2. The number of carbonyl (C=O) groups excluding carboxylic acids is 1. The van der Waals surface area contributed by atoms with Gasteiger partial charge in [-0.2, -0.15) is 0 Å². The second-order valence-corrected chi connectivity index (χ2v) is 7.02. The van der Waals surface area contributed by atoms with Gasteiger partial charge < -0.3 is 10.6 Å². The number of urea groups is 1. The highest BCUT2D eigenvalue weighted by Gasteiger charge is 2.20. The molecule has 1 aromatic carbocycles. The van der Waals surface area contributed by atoms with E-state index in [1.54, 1.807) is 0 Å². The fourth-order valence-corrected chi connectivity index (χ4v) is 3.62. The highest BCUT2D eigenvalue weighted by Crippen LogP contribution is 2.21. The first-order chi connectivity index (χ1) is 11.8. The van der Waals surface area contributed by atoms with Gasteiger partial charge in [0, 0.05) is 31.9 Å². The van der Waals surface area contributed by atoms with Crippen molar-refractivity contribution < 1.29 is 4.79 Å². The summed E-state index contributed by atoms with van der Waals surface area (Å²) in [4.78, 5) is 14.5. The van der Waals surface area contributed by atoms with E-state index in [1.165, 1.54) is 30.4 Å². The summed E-state index contributed by atoms with van der Waals surface area (Å²) in [5, 5.41) is 6.05. The quantitative estimate of drug-likeness (QED) is 0.883. The molecule has 1 aliphatic carbocycles. The van der Waals surface area contributed by atoms with E-state index >= 15 is 0 Å². The molecule has 4 heteroatoms. The molecule has 0 bridgehead atoms. The van der Waals surface area contributed by atoms with Crippen LogP contribution in [0.4, 0.5) is 4.79 Å². The molecule has 1 aliphatic heterocycles. The topological polar surface area (TPSA) is 44.4 Å². The van der Waals surface area contributed by atoms with E-state index in [9.17, 15) is 4.79 Å². The lowest BCUT2D eigenvalue weighted by Gasteiger charge is -2.32. The summed E-state index contributed by atoms with van der Waals surface area (Å²) in [5.74, 6) is 0. The van der Waals surface area contributed by atoms with E-state index in [-0.39, 0.29) is 6.03 Å². The molecule has 1 saturated heterocycles. The van der Waals surface area contributed by atoms with Crippen molar-refractivity contribution in [2.45, 2.75) is 57.5 Å². The number of carbonyl (C=O) groups is 1. The van der Waals surface area contributed by atoms with Crippen LogP contribution in [0.5, 0.6) is 0 Å². The molecule has 0 unspecified atom stereocenters. The van der Waals surface area contributed by atoms with Gasteiger partial charge >= 0.3 is 6.03 Å². The first-order valence-electron chi connectivity index (χ1n) is 9.31. The number of nitrogens with one attached hydrogen (secondary N) is 2. The summed E-state index contributed by atoms with van der Waals surface area (Å²) in [6.45, 7) is 3.09. The van der Waals surface area contributed by atoms with Crippen LogP contribution in [0.25, 0.3) is 0 Å². The van der Waals surface area contributed by atoms with Crippen molar-refractivity contribution >= 4 is 6.03 Å². The maximum absolute atomic E-state index is 12.0. The average Bonchev–Trinajstić information content (AvgIpc) is 2.63. The zero-order valence-corrected chi connectivity index (χ0v) is 14.5. The molecule has 4 nitrogen and oxygen atoms in total. The number of hydrogen-bond acceptors (Lipinski definition) is 2. The number of rotatable bonds is 4. The van der Waals surface area contributed by atoms with Gasteiger partial charge in [0.2, 0.25) is 0 Å². The Labute approximate surface area is 145 Å². The first kappa shape index (κ1) is 17.0. The molecule has 2 fully saturated rings. The molecule has 2 N–H and O–H groups in total. The minimum atomic E-state index is -0.0467. The summed E-state index contributed by atoms with van der Waals surface area (Å²) in [7, 11) is 0. The van der Waals surface area contributed by atoms with Crippen molar-refractivity contribution in [3.05, 3.63) is 47.7 Å². The number of nitrogens with zero attached hydrogens (tertiary/aromatic N) is 1. The lowest BCUT2D eigenvalue weighted by Crippen LogP contribution is -2.46. The van der Waals surface area contributed by atoms with E-state index in [1.807, 2.05) is 6.20 Å². The molecule has 3 rings (SSSR count). The van der Waals surface area contributed by atoms with Crippen LogP contribution >= 0.6 is 0 Å². The highest BCUT2D eigenvalue weighted by molar-refractivity contribution is 5.75. The molecule has 2 aliphatic rings. The fourth-order valence-electron chi connectivity index (χ4n) is 3.62. The Balaban J connectivity index is 1.36. The van der Waals surface area contributed by atoms with Crippen molar-refractivity contribution in [1.29, 1.82) is 0 Å². The highest BCUT2D eigenvalue weighted by atomic mass is 16.2. The van der Waals surface area contributed by atoms with Crippen LogP contribution in [0, 0.1) is 0 Å². The predicted octanol–water partition coefficient (Wildman–Crippen LogP) is 3.80. The first-order valence-corrected chi connectivity index (χ1v) is 9.31. The summed E-state index contributed by atoms with van der Waals surface area (Å²) < 4.78 is 0. The molecule has 1 saturated carbocycles. The van der Waals surface area contributed by atoms with Crippen LogP contribution in [-0.2, 0) is 6.54 Å². The van der Waals surface area contributed by atoms with Gasteiger partial charge in [-0.1, -0.05) is 42.3 Å². The summed E-state index contributed by atoms with van der Waals surface area (Å²) >= 11 is 0. The van der Waals surface area contributed by atoms with E-state index in [2.05, 4.69) is 45.9 Å². The Morgan fingerprint density at radius 1 is 1.08 bits per heavy atom. The van der Waals surface area contributed by atoms with Crippen molar-refractivity contribution in [3.63, 3.8) is 0 Å². The minimum absolute atomic E-state index is 0.0467. The smallest absolute Gasteiger partial charge is 0.318 e. The third kappa shape index (κ3) is 5.38. The molecule has 2 amide bonds. The van der Waals surface area contributed by atoms with Crippen LogP contribution in [0.15, 0.2) is 42.1 Å². The average molecular weight is 327 g/mol. The Morgan fingerprint density at radius 3 is 2.50 bits per heavy atom. The Morgan fingerprint density at radius 2 is 1.79 bits per heavy atom. The van der Waals surface area contributed by atoms with Crippen LogP contribution < -0.4 is 10.6 Å². The van der Waals surface area contributed by atoms with Gasteiger partial charge in [-0.05, 0) is 44.1 Å². The Bertz CT molecular complexity index is 539. The van der Waals surface area contributed by atoms with Crippen molar-refractivity contribution in [3.8, 4) is 0 Å². The van der Waals surface area contributed by atoms with Gasteiger partial charge in [-0.15, -0.1) is 0 Å². The van der Waals surface area contributed by atoms with Gasteiger partial charge in [0.15, 0.2) is 0 Å². The molecule has 0 aromatic heterocycles. The SMILES string of the molecule is O=C(NC=C1CCCCC1)NC1CCN(Cc2ccccc2)CC1. The van der Waals surface area contributed by atoms with Crippen molar-refractivity contribution in [2.75, 3.05) is 13.1 Å². The van der Waals surface area contributed by atoms with Crippen LogP contribution in [0.1, 0.15) is 50.5 Å². The third-order valence-corrected chi connectivity index (χ3v) is 5.07. The molecule has 130 valence electrons. The summed E-state index contributed by atoms with van der Waals surface area (Å²) in [6, 6.07) is 10.8. The van der Waals surface area contributed by atoms with Gasteiger partial charge in [0.05, 0.1) is 0 Å². The van der Waals surface area contributed by atoms with Gasteiger partial charge in [-0.3, -0.25) is 4.90 Å². The minimum Gasteiger partial charge on any atom is -0.335 e. The van der Waals surface area contributed by atoms with Gasteiger partial charge in [-0.25, -0.2) is 4.79 Å². The molecule has 24 heavy (non-hydrogen) atoms.